The number of carbonyl (C=O) groups excluding carboxylic acids is 2. The molecular formula is C22H26N2O3. The summed E-state index contributed by atoms with van der Waals surface area (Å²) >= 11 is 0. The molecule has 1 saturated carbocycles. The van der Waals surface area contributed by atoms with Gasteiger partial charge in [0.1, 0.15) is 5.75 Å². The molecule has 1 aliphatic carbocycles. The van der Waals surface area contributed by atoms with Gasteiger partial charge >= 0.3 is 0 Å². The van der Waals surface area contributed by atoms with Gasteiger partial charge < -0.3 is 15.0 Å². The Balaban J connectivity index is 1.57. The Morgan fingerprint density at radius 3 is 2.33 bits per heavy atom. The molecule has 2 unspecified atom stereocenters. The first-order valence-corrected chi connectivity index (χ1v) is 9.43. The van der Waals surface area contributed by atoms with Gasteiger partial charge in [0.15, 0.2) is 0 Å². The SMILES string of the molecule is CCN(C(=O)C1CC1C(=O)Nc1ccc(OC(C)C)cc1)c1ccccc1. The molecule has 1 fully saturated rings. The normalized spacial score (nSPS) is 18.1. The lowest BCUT2D eigenvalue weighted by Gasteiger charge is -2.21. The van der Waals surface area contributed by atoms with Crippen molar-refractivity contribution in [3.63, 3.8) is 0 Å². The van der Waals surface area contributed by atoms with Gasteiger partial charge in [-0.3, -0.25) is 9.59 Å². The van der Waals surface area contributed by atoms with Crippen LogP contribution in [0.1, 0.15) is 27.2 Å². The fourth-order valence-corrected chi connectivity index (χ4v) is 3.16. The highest BCUT2D eigenvalue weighted by atomic mass is 16.5. The van der Waals surface area contributed by atoms with Gasteiger partial charge in [0, 0.05) is 17.9 Å². The molecule has 2 amide bonds. The monoisotopic (exact) mass is 366 g/mol. The third-order valence-corrected chi connectivity index (χ3v) is 4.59. The Kier molecular flexibility index (Phi) is 5.79. The lowest BCUT2D eigenvalue weighted by molar-refractivity contribution is -0.123. The van der Waals surface area contributed by atoms with Crippen LogP contribution in [0, 0.1) is 11.8 Å². The maximum Gasteiger partial charge on any atom is 0.230 e. The summed E-state index contributed by atoms with van der Waals surface area (Å²) in [7, 11) is 0. The molecule has 27 heavy (non-hydrogen) atoms. The van der Waals surface area contributed by atoms with Crippen LogP contribution >= 0.6 is 0 Å². The van der Waals surface area contributed by atoms with Crippen LogP contribution in [-0.4, -0.2) is 24.5 Å². The van der Waals surface area contributed by atoms with E-state index in [1.807, 2.05) is 75.4 Å². The fourth-order valence-electron chi connectivity index (χ4n) is 3.16. The third kappa shape index (κ3) is 4.67. The van der Waals surface area contributed by atoms with Gasteiger partial charge in [0.25, 0.3) is 0 Å². The largest absolute Gasteiger partial charge is 0.491 e. The highest BCUT2D eigenvalue weighted by Gasteiger charge is 2.49. The Labute approximate surface area is 160 Å². The van der Waals surface area contributed by atoms with Gasteiger partial charge in [0.2, 0.25) is 11.8 Å². The molecule has 5 heteroatoms. The summed E-state index contributed by atoms with van der Waals surface area (Å²) in [5.41, 5.74) is 1.58. The number of amides is 2. The third-order valence-electron chi connectivity index (χ3n) is 4.59. The summed E-state index contributed by atoms with van der Waals surface area (Å²) in [5.74, 6) is 0.180. The number of hydrogen-bond acceptors (Lipinski definition) is 3. The second-order valence-corrected chi connectivity index (χ2v) is 7.05. The molecule has 0 heterocycles. The average molecular weight is 366 g/mol. The molecule has 0 aromatic heterocycles. The number of rotatable bonds is 7. The molecule has 1 aliphatic rings. The van der Waals surface area contributed by atoms with E-state index in [2.05, 4.69) is 5.32 Å². The van der Waals surface area contributed by atoms with Crippen molar-refractivity contribution in [1.82, 2.24) is 0 Å². The molecule has 2 aromatic rings. The zero-order valence-electron chi connectivity index (χ0n) is 16.0. The van der Waals surface area contributed by atoms with E-state index in [0.29, 0.717) is 18.7 Å². The number of nitrogens with zero attached hydrogens (tertiary/aromatic N) is 1. The highest BCUT2D eigenvalue weighted by Crippen LogP contribution is 2.41. The number of benzene rings is 2. The molecule has 0 bridgehead atoms. The number of nitrogens with one attached hydrogen (secondary N) is 1. The molecule has 0 spiro atoms. The molecule has 5 nitrogen and oxygen atoms in total. The first-order chi connectivity index (χ1) is 13.0. The minimum absolute atomic E-state index is 0.0181. The second kappa shape index (κ2) is 8.25. The van der Waals surface area contributed by atoms with E-state index in [4.69, 9.17) is 4.74 Å². The van der Waals surface area contributed by atoms with Crippen LogP contribution in [0.15, 0.2) is 54.6 Å². The van der Waals surface area contributed by atoms with Gasteiger partial charge in [-0.05, 0) is 63.6 Å². The van der Waals surface area contributed by atoms with Crippen molar-refractivity contribution in [1.29, 1.82) is 0 Å². The standard InChI is InChI=1S/C22H26N2O3/c1-4-24(17-8-6-5-7-9-17)22(26)20-14-19(20)21(25)23-16-10-12-18(13-11-16)27-15(2)3/h5-13,15,19-20H,4,14H2,1-3H3,(H,23,25). The molecule has 1 N–H and O–H groups in total. The predicted octanol–water partition coefficient (Wildman–Crippen LogP) is 4.10. The summed E-state index contributed by atoms with van der Waals surface area (Å²) in [5, 5.41) is 2.90. The average Bonchev–Trinajstić information content (AvgIpc) is 3.45. The van der Waals surface area contributed by atoms with Crippen LogP contribution in [0.2, 0.25) is 0 Å². The van der Waals surface area contributed by atoms with Gasteiger partial charge in [-0.1, -0.05) is 18.2 Å². The number of ether oxygens (including phenoxy) is 1. The second-order valence-electron chi connectivity index (χ2n) is 7.05. The predicted molar refractivity (Wildman–Crippen MR) is 107 cm³/mol. The van der Waals surface area contributed by atoms with Crippen LogP contribution in [0.3, 0.4) is 0 Å². The van der Waals surface area contributed by atoms with Gasteiger partial charge in [0.05, 0.1) is 17.9 Å². The number of hydrogen-bond donors (Lipinski definition) is 1. The molecule has 0 radical (unpaired) electrons. The van der Waals surface area contributed by atoms with E-state index in [1.54, 1.807) is 4.90 Å². The van der Waals surface area contributed by atoms with Crippen LogP contribution in [0.4, 0.5) is 11.4 Å². The number of para-hydroxylation sites is 1. The minimum Gasteiger partial charge on any atom is -0.491 e. The molecule has 0 saturated heterocycles. The van der Waals surface area contributed by atoms with Gasteiger partial charge in [-0.15, -0.1) is 0 Å². The van der Waals surface area contributed by atoms with Crippen molar-refractivity contribution in [2.45, 2.75) is 33.3 Å². The van der Waals surface area contributed by atoms with Crippen LogP contribution in [0.5, 0.6) is 5.75 Å². The smallest absolute Gasteiger partial charge is 0.230 e. The van der Waals surface area contributed by atoms with E-state index in [9.17, 15) is 9.59 Å². The summed E-state index contributed by atoms with van der Waals surface area (Å²) in [6.45, 7) is 6.47. The Hall–Kier alpha value is -2.82. The zero-order valence-corrected chi connectivity index (χ0v) is 16.0. The van der Waals surface area contributed by atoms with E-state index < -0.39 is 0 Å². The topological polar surface area (TPSA) is 58.6 Å². The van der Waals surface area contributed by atoms with Crippen molar-refractivity contribution < 1.29 is 14.3 Å². The summed E-state index contributed by atoms with van der Waals surface area (Å²) in [6, 6.07) is 16.9. The minimum atomic E-state index is -0.262. The van der Waals surface area contributed by atoms with Crippen molar-refractivity contribution in [2.24, 2.45) is 11.8 Å². The van der Waals surface area contributed by atoms with E-state index in [1.165, 1.54) is 0 Å². The number of carbonyl (C=O) groups is 2. The first-order valence-electron chi connectivity index (χ1n) is 9.43. The molecule has 142 valence electrons. The maximum absolute atomic E-state index is 12.8. The molecule has 3 rings (SSSR count). The molecule has 2 atom stereocenters. The highest BCUT2D eigenvalue weighted by molar-refractivity contribution is 6.04. The lowest BCUT2D eigenvalue weighted by Crippen LogP contribution is -2.33. The quantitative estimate of drug-likeness (QED) is 0.802. The number of anilines is 2. The van der Waals surface area contributed by atoms with Crippen molar-refractivity contribution in [2.75, 3.05) is 16.8 Å². The van der Waals surface area contributed by atoms with Crippen LogP contribution in [0.25, 0.3) is 0 Å². The molecule has 2 aromatic carbocycles. The van der Waals surface area contributed by atoms with Crippen molar-refractivity contribution in [3.05, 3.63) is 54.6 Å². The summed E-state index contributed by atoms with van der Waals surface area (Å²) in [4.78, 5) is 27.0. The maximum atomic E-state index is 12.8. The summed E-state index contributed by atoms with van der Waals surface area (Å²) in [6.07, 6.45) is 0.706. The fraction of sp³-hybridized carbons (Fsp3) is 0.364. The Morgan fingerprint density at radius 1 is 1.07 bits per heavy atom. The lowest BCUT2D eigenvalue weighted by atomic mass is 10.2. The van der Waals surface area contributed by atoms with E-state index >= 15 is 0 Å². The molecular weight excluding hydrogens is 340 g/mol. The summed E-state index contributed by atoms with van der Waals surface area (Å²) < 4.78 is 5.60. The van der Waals surface area contributed by atoms with E-state index in [0.717, 1.165) is 11.4 Å². The van der Waals surface area contributed by atoms with Crippen molar-refractivity contribution in [3.8, 4) is 5.75 Å². The van der Waals surface area contributed by atoms with Crippen LogP contribution < -0.4 is 15.0 Å². The Morgan fingerprint density at radius 2 is 1.74 bits per heavy atom. The Bertz CT molecular complexity index is 787. The zero-order chi connectivity index (χ0) is 19.4. The first kappa shape index (κ1) is 19.0. The van der Waals surface area contributed by atoms with Gasteiger partial charge in [-0.2, -0.15) is 0 Å². The van der Waals surface area contributed by atoms with E-state index in [-0.39, 0.29) is 29.8 Å². The molecule has 0 aliphatic heterocycles. The van der Waals surface area contributed by atoms with Gasteiger partial charge in [-0.25, -0.2) is 0 Å². The van der Waals surface area contributed by atoms with Crippen LogP contribution in [-0.2, 0) is 9.59 Å². The van der Waals surface area contributed by atoms with Crippen molar-refractivity contribution >= 4 is 23.2 Å².